The number of ether oxygens (including phenoxy) is 1. The summed E-state index contributed by atoms with van der Waals surface area (Å²) >= 11 is 0. The van der Waals surface area contributed by atoms with E-state index in [0.29, 0.717) is 16.7 Å². The zero-order valence-corrected chi connectivity index (χ0v) is 14.6. The van der Waals surface area contributed by atoms with Crippen LogP contribution in [-0.4, -0.2) is 50.6 Å². The van der Waals surface area contributed by atoms with Crippen LogP contribution in [0.5, 0.6) is 5.75 Å². The molecule has 4 N–H and O–H groups in total. The maximum Gasteiger partial charge on any atom is 0.175 e. The van der Waals surface area contributed by atoms with Gasteiger partial charge in [0.05, 0.1) is 36.1 Å². The number of carbonyl (C=O) groups excluding carboxylic acids is 1. The standard InChI is InChI=1S/C20H24O6/c1-10(2)15(22)7-13-16(23)8-17-18(19(13)24)20(25)14(9-26-17)11-3-5-12(21)6-4-11/h3-6,9,13,15-19,21-24H,1,7-8H2,2H3. The number of carbonyl (C=O) groups is 1. The number of phenolic OH excluding ortho intramolecular Hbond substituents is 1. The molecule has 0 amide bonds. The number of hydrogen-bond acceptors (Lipinski definition) is 6. The molecule has 0 bridgehead atoms. The molecule has 1 saturated carbocycles. The number of benzene rings is 1. The van der Waals surface area contributed by atoms with Gasteiger partial charge < -0.3 is 25.2 Å². The van der Waals surface area contributed by atoms with Crippen LogP contribution in [0.2, 0.25) is 0 Å². The lowest BCUT2D eigenvalue weighted by Gasteiger charge is -2.44. The van der Waals surface area contributed by atoms with Gasteiger partial charge >= 0.3 is 0 Å². The summed E-state index contributed by atoms with van der Waals surface area (Å²) in [5.74, 6) is -1.63. The largest absolute Gasteiger partial charge is 0.508 e. The predicted octanol–water partition coefficient (Wildman–Crippen LogP) is 1.39. The summed E-state index contributed by atoms with van der Waals surface area (Å²) in [5, 5.41) is 40.6. The Balaban J connectivity index is 1.85. The zero-order chi connectivity index (χ0) is 19.0. The van der Waals surface area contributed by atoms with Crippen molar-refractivity contribution in [3.8, 4) is 5.75 Å². The van der Waals surface area contributed by atoms with Gasteiger partial charge in [-0.25, -0.2) is 0 Å². The average molecular weight is 360 g/mol. The molecule has 1 aromatic rings. The van der Waals surface area contributed by atoms with E-state index in [9.17, 15) is 25.2 Å². The number of phenols is 1. The van der Waals surface area contributed by atoms with Gasteiger partial charge in [-0.05, 0) is 31.0 Å². The maximum atomic E-state index is 13.0. The van der Waals surface area contributed by atoms with E-state index in [0.717, 1.165) is 0 Å². The van der Waals surface area contributed by atoms with E-state index >= 15 is 0 Å². The van der Waals surface area contributed by atoms with Gasteiger partial charge in [0.2, 0.25) is 0 Å². The van der Waals surface area contributed by atoms with Crippen molar-refractivity contribution in [1.29, 1.82) is 0 Å². The molecule has 26 heavy (non-hydrogen) atoms. The SMILES string of the molecule is C=C(C)C(O)CC1C(O)CC2OC=C(c3ccc(O)cc3)C(=O)C2C1O. The summed E-state index contributed by atoms with van der Waals surface area (Å²) in [6.07, 6.45) is -1.77. The molecule has 6 nitrogen and oxygen atoms in total. The lowest BCUT2D eigenvalue weighted by atomic mass is 9.69. The molecule has 2 aliphatic rings. The number of aromatic hydroxyl groups is 1. The molecular weight excluding hydrogens is 336 g/mol. The predicted molar refractivity (Wildman–Crippen MR) is 95.0 cm³/mol. The highest BCUT2D eigenvalue weighted by molar-refractivity contribution is 6.22. The van der Waals surface area contributed by atoms with Crippen molar-refractivity contribution in [1.82, 2.24) is 0 Å². The Morgan fingerprint density at radius 1 is 1.31 bits per heavy atom. The minimum Gasteiger partial charge on any atom is -0.508 e. The normalized spacial score (nSPS) is 32.2. The summed E-state index contributed by atoms with van der Waals surface area (Å²) in [7, 11) is 0. The zero-order valence-electron chi connectivity index (χ0n) is 14.6. The fourth-order valence-electron chi connectivity index (χ4n) is 3.74. The van der Waals surface area contributed by atoms with E-state index in [1.807, 2.05) is 0 Å². The lowest BCUT2D eigenvalue weighted by molar-refractivity contribution is -0.151. The second kappa shape index (κ2) is 7.23. The van der Waals surface area contributed by atoms with Gasteiger partial charge in [-0.3, -0.25) is 4.79 Å². The fourth-order valence-corrected chi connectivity index (χ4v) is 3.74. The number of fused-ring (bicyclic) bond motifs is 1. The van der Waals surface area contributed by atoms with Crippen LogP contribution in [0.15, 0.2) is 42.7 Å². The van der Waals surface area contributed by atoms with Gasteiger partial charge in [-0.2, -0.15) is 0 Å². The fraction of sp³-hybridized carbons (Fsp3) is 0.450. The number of ketones is 1. The molecule has 140 valence electrons. The number of aliphatic hydroxyl groups excluding tert-OH is 3. The van der Waals surface area contributed by atoms with Crippen LogP contribution in [0, 0.1) is 11.8 Å². The topological polar surface area (TPSA) is 107 Å². The van der Waals surface area contributed by atoms with Gasteiger partial charge in [0.25, 0.3) is 0 Å². The van der Waals surface area contributed by atoms with E-state index in [1.165, 1.54) is 18.4 Å². The monoisotopic (exact) mass is 360 g/mol. The van der Waals surface area contributed by atoms with Crippen LogP contribution in [0.3, 0.4) is 0 Å². The van der Waals surface area contributed by atoms with Crippen LogP contribution >= 0.6 is 0 Å². The van der Waals surface area contributed by atoms with Crippen molar-refractivity contribution >= 4 is 11.4 Å². The number of rotatable bonds is 4. The van der Waals surface area contributed by atoms with Gasteiger partial charge in [-0.1, -0.05) is 24.3 Å². The Hall–Kier alpha value is -2.15. The molecule has 0 spiro atoms. The minimum absolute atomic E-state index is 0.0890. The van der Waals surface area contributed by atoms with Crippen LogP contribution in [0.1, 0.15) is 25.3 Å². The Morgan fingerprint density at radius 2 is 1.96 bits per heavy atom. The second-order valence-corrected chi connectivity index (χ2v) is 7.20. The first-order chi connectivity index (χ1) is 12.3. The molecule has 1 aliphatic heterocycles. The Bertz CT molecular complexity index is 722. The van der Waals surface area contributed by atoms with E-state index in [2.05, 4.69) is 6.58 Å². The molecule has 1 fully saturated rings. The van der Waals surface area contributed by atoms with Crippen molar-refractivity contribution < 1.29 is 30.0 Å². The molecular formula is C20H24O6. The molecule has 3 rings (SSSR count). The number of aliphatic hydroxyl groups is 3. The maximum absolute atomic E-state index is 13.0. The average Bonchev–Trinajstić information content (AvgIpc) is 2.59. The van der Waals surface area contributed by atoms with Crippen molar-refractivity contribution in [2.24, 2.45) is 11.8 Å². The third kappa shape index (κ3) is 3.40. The van der Waals surface area contributed by atoms with Gasteiger partial charge in [0.15, 0.2) is 5.78 Å². The summed E-state index contributed by atoms with van der Waals surface area (Å²) in [4.78, 5) is 13.0. The number of allylic oxidation sites excluding steroid dienone is 1. The third-order valence-corrected chi connectivity index (χ3v) is 5.35. The van der Waals surface area contributed by atoms with Crippen LogP contribution in [0.25, 0.3) is 5.57 Å². The Morgan fingerprint density at radius 3 is 2.58 bits per heavy atom. The summed E-state index contributed by atoms with van der Waals surface area (Å²) in [6, 6.07) is 6.16. The minimum atomic E-state index is -1.13. The molecule has 6 heteroatoms. The third-order valence-electron chi connectivity index (χ3n) is 5.35. The van der Waals surface area contributed by atoms with Gasteiger partial charge in [0.1, 0.15) is 11.9 Å². The van der Waals surface area contributed by atoms with E-state index < -0.39 is 36.3 Å². The second-order valence-electron chi connectivity index (χ2n) is 7.20. The molecule has 1 aliphatic carbocycles. The summed E-state index contributed by atoms with van der Waals surface area (Å²) in [6.45, 7) is 5.37. The van der Waals surface area contributed by atoms with E-state index in [4.69, 9.17) is 4.74 Å². The van der Waals surface area contributed by atoms with Crippen LogP contribution in [0.4, 0.5) is 0 Å². The highest BCUT2D eigenvalue weighted by atomic mass is 16.5. The summed E-state index contributed by atoms with van der Waals surface area (Å²) in [5.41, 5.74) is 1.45. The van der Waals surface area contributed by atoms with Crippen molar-refractivity contribution in [2.45, 2.75) is 44.2 Å². The first-order valence-electron chi connectivity index (χ1n) is 8.68. The van der Waals surface area contributed by atoms with Crippen molar-refractivity contribution in [3.05, 3.63) is 48.2 Å². The highest BCUT2D eigenvalue weighted by Crippen LogP contribution is 2.41. The Kier molecular flexibility index (Phi) is 5.18. The first kappa shape index (κ1) is 18.6. The molecule has 0 radical (unpaired) electrons. The van der Waals surface area contributed by atoms with E-state index in [-0.39, 0.29) is 24.4 Å². The smallest absolute Gasteiger partial charge is 0.175 e. The molecule has 1 heterocycles. The molecule has 6 unspecified atom stereocenters. The molecule has 0 aromatic heterocycles. The highest BCUT2D eigenvalue weighted by Gasteiger charge is 2.50. The summed E-state index contributed by atoms with van der Waals surface area (Å²) < 4.78 is 5.65. The van der Waals surface area contributed by atoms with Gasteiger partial charge in [-0.15, -0.1) is 0 Å². The van der Waals surface area contributed by atoms with Crippen molar-refractivity contribution in [2.75, 3.05) is 0 Å². The first-order valence-corrected chi connectivity index (χ1v) is 8.68. The molecule has 0 saturated heterocycles. The van der Waals surface area contributed by atoms with Crippen LogP contribution < -0.4 is 0 Å². The van der Waals surface area contributed by atoms with Gasteiger partial charge in [0, 0.05) is 12.3 Å². The van der Waals surface area contributed by atoms with Crippen LogP contribution in [-0.2, 0) is 9.53 Å². The quantitative estimate of drug-likeness (QED) is 0.605. The molecule has 6 atom stereocenters. The Labute approximate surface area is 152 Å². The number of Topliss-reactive ketones (excluding diaryl/α,β-unsaturated/α-hetero) is 1. The molecule has 1 aromatic carbocycles. The van der Waals surface area contributed by atoms with E-state index in [1.54, 1.807) is 19.1 Å². The van der Waals surface area contributed by atoms with Crippen molar-refractivity contribution in [3.63, 3.8) is 0 Å². The lowest BCUT2D eigenvalue weighted by Crippen LogP contribution is -2.54. The number of hydrogen-bond donors (Lipinski definition) is 4.